The van der Waals surface area contributed by atoms with Crippen LogP contribution in [0.25, 0.3) is 0 Å². The van der Waals surface area contributed by atoms with Crippen molar-refractivity contribution in [2.75, 3.05) is 18.1 Å². The van der Waals surface area contributed by atoms with E-state index in [1.807, 2.05) is 5.43 Å². The van der Waals surface area contributed by atoms with Gasteiger partial charge in [0.1, 0.15) is 18.0 Å². The van der Waals surface area contributed by atoms with Crippen molar-refractivity contribution in [2.45, 2.75) is 20.3 Å². The van der Waals surface area contributed by atoms with Gasteiger partial charge in [0.05, 0.1) is 6.61 Å². The quantitative estimate of drug-likeness (QED) is 0.260. The van der Waals surface area contributed by atoms with Crippen molar-refractivity contribution < 1.29 is 22.7 Å². The van der Waals surface area contributed by atoms with Crippen LogP contribution < -0.4 is 11.2 Å². The van der Waals surface area contributed by atoms with Crippen LogP contribution in [0.2, 0.25) is 0 Å². The van der Waals surface area contributed by atoms with Crippen molar-refractivity contribution >= 4 is 27.5 Å². The number of hydrazone groups is 1. The van der Waals surface area contributed by atoms with Gasteiger partial charge in [0, 0.05) is 5.75 Å². The predicted octanol–water partition coefficient (Wildman–Crippen LogP) is -1.24. The Bertz CT molecular complexity index is 429. The van der Waals surface area contributed by atoms with Gasteiger partial charge in [0.25, 0.3) is 5.91 Å². The van der Waals surface area contributed by atoms with Crippen LogP contribution in [0.4, 0.5) is 0 Å². The lowest BCUT2D eigenvalue weighted by Gasteiger charge is -2.03. The number of rotatable bonds is 7. The molecule has 8 nitrogen and oxygen atoms in total. The molecule has 0 heterocycles. The summed E-state index contributed by atoms with van der Waals surface area (Å²) in [5.74, 6) is -2.34. The average Bonchev–Trinajstić information content (AvgIpc) is 2.26. The van der Waals surface area contributed by atoms with Crippen LogP contribution in [0.1, 0.15) is 20.3 Å². The molecular formula is C9H17N3O5S. The Morgan fingerprint density at radius 1 is 1.33 bits per heavy atom. The molecule has 0 aromatic heterocycles. The summed E-state index contributed by atoms with van der Waals surface area (Å²) in [7, 11) is -3.41. The third-order valence-electron chi connectivity index (χ3n) is 1.75. The monoisotopic (exact) mass is 279 g/mol. The van der Waals surface area contributed by atoms with E-state index < -0.39 is 27.5 Å². The van der Waals surface area contributed by atoms with Crippen LogP contribution in [-0.4, -0.2) is 44.2 Å². The van der Waals surface area contributed by atoms with E-state index in [1.54, 1.807) is 6.92 Å². The third-order valence-corrected chi connectivity index (χ3v) is 3.33. The fourth-order valence-corrected chi connectivity index (χ4v) is 1.54. The van der Waals surface area contributed by atoms with Gasteiger partial charge in [-0.3, -0.25) is 9.59 Å². The fourth-order valence-electron chi connectivity index (χ4n) is 0.868. The highest BCUT2D eigenvalue weighted by molar-refractivity contribution is 7.92. The molecule has 0 saturated carbocycles. The Labute approximate surface area is 105 Å². The summed E-state index contributed by atoms with van der Waals surface area (Å²) in [6, 6.07) is 0. The fraction of sp³-hybridized carbons (Fsp3) is 0.667. The van der Waals surface area contributed by atoms with Gasteiger partial charge >= 0.3 is 5.97 Å². The van der Waals surface area contributed by atoms with Crippen molar-refractivity contribution in [1.29, 1.82) is 0 Å². The number of amidine groups is 1. The molecule has 0 aromatic carbocycles. The smallest absolute Gasteiger partial charge is 0.313 e. The van der Waals surface area contributed by atoms with E-state index in [0.29, 0.717) is 0 Å². The summed E-state index contributed by atoms with van der Waals surface area (Å²) in [5, 5.41) is 3.39. The standard InChI is InChI=1S/C9H17N3O5S/c1-3-17-9(14)5-7(10)11-12-8(13)6-18(15,16)4-2/h3-6H2,1-2H3,(H2,10,11)(H,12,13). The molecule has 0 spiro atoms. The maximum absolute atomic E-state index is 11.2. The topological polar surface area (TPSA) is 128 Å². The van der Waals surface area contributed by atoms with Gasteiger partial charge < -0.3 is 10.5 Å². The molecule has 104 valence electrons. The second-order valence-electron chi connectivity index (χ2n) is 3.30. The normalized spacial score (nSPS) is 12.0. The first-order chi connectivity index (χ1) is 8.30. The zero-order valence-electron chi connectivity index (χ0n) is 10.3. The van der Waals surface area contributed by atoms with Crippen LogP contribution in [0, 0.1) is 0 Å². The highest BCUT2D eigenvalue weighted by atomic mass is 32.2. The number of ether oxygens (including phenoxy) is 1. The van der Waals surface area contributed by atoms with E-state index in [0.717, 1.165) is 0 Å². The molecule has 0 aromatic rings. The van der Waals surface area contributed by atoms with E-state index >= 15 is 0 Å². The van der Waals surface area contributed by atoms with Crippen LogP contribution >= 0.6 is 0 Å². The van der Waals surface area contributed by atoms with Crippen LogP contribution in [0.5, 0.6) is 0 Å². The maximum atomic E-state index is 11.2. The number of nitrogens with zero attached hydrogens (tertiary/aromatic N) is 1. The molecule has 0 fully saturated rings. The summed E-state index contributed by atoms with van der Waals surface area (Å²) in [5.41, 5.74) is 7.29. The largest absolute Gasteiger partial charge is 0.466 e. The summed E-state index contributed by atoms with van der Waals surface area (Å²) in [4.78, 5) is 22.1. The van der Waals surface area contributed by atoms with E-state index in [-0.39, 0.29) is 24.6 Å². The first-order valence-corrected chi connectivity index (χ1v) is 7.09. The van der Waals surface area contributed by atoms with Gasteiger partial charge in [-0.05, 0) is 6.92 Å². The maximum Gasteiger partial charge on any atom is 0.313 e. The minimum atomic E-state index is -3.41. The lowest BCUT2D eigenvalue weighted by Crippen LogP contribution is -2.30. The third kappa shape index (κ3) is 7.60. The number of hydrogen-bond donors (Lipinski definition) is 2. The highest BCUT2D eigenvalue weighted by Gasteiger charge is 2.14. The first-order valence-electron chi connectivity index (χ1n) is 5.27. The molecule has 9 heteroatoms. The molecule has 0 atom stereocenters. The van der Waals surface area contributed by atoms with E-state index in [2.05, 4.69) is 9.84 Å². The average molecular weight is 279 g/mol. The number of nitrogens with one attached hydrogen (secondary N) is 1. The minimum absolute atomic E-state index is 0.136. The second-order valence-corrected chi connectivity index (χ2v) is 5.65. The molecule has 0 aliphatic heterocycles. The molecule has 18 heavy (non-hydrogen) atoms. The van der Waals surface area contributed by atoms with Crippen molar-refractivity contribution in [3.8, 4) is 0 Å². The SMILES string of the molecule is CCOC(=O)C/C(N)=N/NC(=O)CS(=O)(=O)CC. The summed E-state index contributed by atoms with van der Waals surface area (Å²) in [6.45, 7) is 3.29. The zero-order valence-corrected chi connectivity index (χ0v) is 11.1. The van der Waals surface area contributed by atoms with Crippen LogP contribution in [0.3, 0.4) is 0 Å². The highest BCUT2D eigenvalue weighted by Crippen LogP contribution is 1.89. The summed E-state index contributed by atoms with van der Waals surface area (Å²) >= 11 is 0. The molecule has 1 amide bonds. The molecule has 0 aliphatic rings. The number of carbonyl (C=O) groups excluding carboxylic acids is 2. The van der Waals surface area contributed by atoms with Crippen LogP contribution in [-0.2, 0) is 24.2 Å². The van der Waals surface area contributed by atoms with Gasteiger partial charge in [-0.25, -0.2) is 13.8 Å². The van der Waals surface area contributed by atoms with Gasteiger partial charge in [0.15, 0.2) is 9.84 Å². The molecular weight excluding hydrogens is 262 g/mol. The van der Waals surface area contributed by atoms with E-state index in [4.69, 9.17) is 5.73 Å². The summed E-state index contributed by atoms with van der Waals surface area (Å²) in [6.07, 6.45) is -0.269. The number of hydrogen-bond acceptors (Lipinski definition) is 6. The van der Waals surface area contributed by atoms with Crippen molar-refractivity contribution in [2.24, 2.45) is 10.8 Å². The second kappa shape index (κ2) is 7.64. The molecule has 0 rings (SSSR count). The van der Waals surface area contributed by atoms with E-state index in [9.17, 15) is 18.0 Å². The Hall–Kier alpha value is -1.64. The van der Waals surface area contributed by atoms with E-state index in [1.165, 1.54) is 6.92 Å². The van der Waals surface area contributed by atoms with Gasteiger partial charge in [0.2, 0.25) is 0 Å². The zero-order chi connectivity index (χ0) is 14.2. The van der Waals surface area contributed by atoms with Gasteiger partial charge in [-0.2, -0.15) is 5.10 Å². The Morgan fingerprint density at radius 2 is 1.94 bits per heavy atom. The Morgan fingerprint density at radius 3 is 2.44 bits per heavy atom. The van der Waals surface area contributed by atoms with Crippen molar-refractivity contribution in [3.63, 3.8) is 0 Å². The Kier molecular flexibility index (Phi) is 6.94. The Balaban J connectivity index is 4.22. The first kappa shape index (κ1) is 16.4. The van der Waals surface area contributed by atoms with Crippen molar-refractivity contribution in [1.82, 2.24) is 5.43 Å². The minimum Gasteiger partial charge on any atom is -0.466 e. The number of sulfone groups is 1. The van der Waals surface area contributed by atoms with Gasteiger partial charge in [-0.1, -0.05) is 6.92 Å². The lowest BCUT2D eigenvalue weighted by molar-refractivity contribution is -0.141. The van der Waals surface area contributed by atoms with Crippen LogP contribution in [0.15, 0.2) is 5.10 Å². The number of esters is 1. The molecule has 0 unspecified atom stereocenters. The van der Waals surface area contributed by atoms with Crippen molar-refractivity contribution in [3.05, 3.63) is 0 Å². The molecule has 0 saturated heterocycles. The number of amides is 1. The molecule has 3 N–H and O–H groups in total. The molecule has 0 radical (unpaired) electrons. The van der Waals surface area contributed by atoms with Gasteiger partial charge in [-0.15, -0.1) is 0 Å². The number of carbonyl (C=O) groups is 2. The predicted molar refractivity (Wildman–Crippen MR) is 65.3 cm³/mol. The number of nitrogens with two attached hydrogens (primary N) is 1. The summed E-state index contributed by atoms with van der Waals surface area (Å²) < 4.78 is 26.8. The molecule has 0 bridgehead atoms. The molecule has 0 aliphatic carbocycles. The lowest BCUT2D eigenvalue weighted by atomic mass is 10.4.